The Balaban J connectivity index is 2.42. The first-order valence-corrected chi connectivity index (χ1v) is 8.04. The molecule has 0 aromatic heterocycles. The lowest BCUT2D eigenvalue weighted by molar-refractivity contribution is -0.129. The predicted molar refractivity (Wildman–Crippen MR) is 91.5 cm³/mol. The van der Waals surface area contributed by atoms with Gasteiger partial charge in [0.05, 0.1) is 0 Å². The Hall–Kier alpha value is -2.04. The van der Waals surface area contributed by atoms with E-state index in [1.807, 2.05) is 31.2 Å². The van der Waals surface area contributed by atoms with Gasteiger partial charge in [-0.05, 0) is 36.5 Å². The molecule has 1 aromatic carbocycles. The highest BCUT2D eigenvalue weighted by Gasteiger charge is 2.16. The van der Waals surface area contributed by atoms with Crippen molar-refractivity contribution < 1.29 is 14.3 Å². The predicted octanol–water partition coefficient (Wildman–Crippen LogP) is 2.39. The maximum Gasteiger partial charge on any atom is 0.258 e. The van der Waals surface area contributed by atoms with Crippen molar-refractivity contribution >= 4 is 11.8 Å². The minimum atomic E-state index is -0.569. The van der Waals surface area contributed by atoms with Gasteiger partial charge in [-0.1, -0.05) is 39.8 Å². The molecule has 0 bridgehead atoms. The van der Waals surface area contributed by atoms with Crippen molar-refractivity contribution in [3.8, 4) is 5.75 Å². The Morgan fingerprint density at radius 3 is 2.30 bits per heavy atom. The fourth-order valence-electron chi connectivity index (χ4n) is 1.95. The number of ether oxygens (including phenoxy) is 1. The zero-order valence-corrected chi connectivity index (χ0v) is 14.7. The molecule has 0 aliphatic carbocycles. The van der Waals surface area contributed by atoms with E-state index in [4.69, 9.17) is 4.74 Å². The van der Waals surface area contributed by atoms with Gasteiger partial charge in [-0.3, -0.25) is 9.59 Å². The molecule has 2 N–H and O–H groups in total. The van der Waals surface area contributed by atoms with Crippen LogP contribution < -0.4 is 15.4 Å². The summed E-state index contributed by atoms with van der Waals surface area (Å²) in [7, 11) is 0. The number of carbonyl (C=O) groups excluding carboxylic acids is 2. The van der Waals surface area contributed by atoms with E-state index in [9.17, 15) is 9.59 Å². The molecule has 23 heavy (non-hydrogen) atoms. The summed E-state index contributed by atoms with van der Waals surface area (Å²) in [6, 6.07) is 7.12. The quantitative estimate of drug-likeness (QED) is 0.810. The van der Waals surface area contributed by atoms with Crippen molar-refractivity contribution in [3.63, 3.8) is 0 Å². The molecule has 0 aliphatic rings. The number of carbonyl (C=O) groups is 2. The van der Waals surface area contributed by atoms with E-state index in [2.05, 4.69) is 31.4 Å². The highest BCUT2D eigenvalue weighted by atomic mass is 16.5. The molecule has 0 aliphatic heterocycles. The van der Waals surface area contributed by atoms with Crippen molar-refractivity contribution in [1.82, 2.24) is 10.6 Å². The molecule has 0 fully saturated rings. The Kier molecular flexibility index (Phi) is 7.07. The number of hydrogen-bond acceptors (Lipinski definition) is 3. The molecule has 0 unspecified atom stereocenters. The van der Waals surface area contributed by atoms with Crippen molar-refractivity contribution in [2.24, 2.45) is 0 Å². The second kappa shape index (κ2) is 8.56. The Morgan fingerprint density at radius 1 is 1.17 bits per heavy atom. The van der Waals surface area contributed by atoms with Crippen LogP contribution >= 0.6 is 0 Å². The van der Waals surface area contributed by atoms with Crippen LogP contribution in [0.2, 0.25) is 0 Å². The highest BCUT2D eigenvalue weighted by Crippen LogP contribution is 2.24. The average molecular weight is 320 g/mol. The molecular weight excluding hydrogens is 292 g/mol. The van der Waals surface area contributed by atoms with Crippen molar-refractivity contribution in [2.45, 2.75) is 52.5 Å². The molecule has 5 heteroatoms. The Labute approximate surface area is 138 Å². The van der Waals surface area contributed by atoms with E-state index in [0.29, 0.717) is 12.3 Å². The molecule has 0 radical (unpaired) electrons. The molecule has 2 amide bonds. The maximum atomic E-state index is 11.8. The van der Waals surface area contributed by atoms with Crippen LogP contribution in [-0.4, -0.2) is 31.0 Å². The van der Waals surface area contributed by atoms with Gasteiger partial charge in [-0.15, -0.1) is 0 Å². The van der Waals surface area contributed by atoms with Crippen LogP contribution in [0.5, 0.6) is 5.75 Å². The molecular formula is C18H28N2O3. The normalized spacial score (nSPS) is 12.4. The molecule has 1 atom stereocenters. The first kappa shape index (κ1) is 19.0. The summed E-state index contributed by atoms with van der Waals surface area (Å²) >= 11 is 0. The highest BCUT2D eigenvalue weighted by molar-refractivity contribution is 5.87. The molecule has 0 heterocycles. The summed E-state index contributed by atoms with van der Waals surface area (Å²) in [6.07, 6.45) is 0.861. The first-order chi connectivity index (χ1) is 10.7. The van der Waals surface area contributed by atoms with Crippen molar-refractivity contribution in [2.75, 3.05) is 13.2 Å². The van der Waals surface area contributed by atoms with Gasteiger partial charge in [0.15, 0.2) is 6.61 Å². The number of nitrogens with one attached hydrogen (secondary N) is 2. The third-order valence-electron chi connectivity index (χ3n) is 3.41. The van der Waals surface area contributed by atoms with Gasteiger partial charge in [-0.25, -0.2) is 0 Å². The molecule has 0 saturated carbocycles. The maximum absolute atomic E-state index is 11.8. The summed E-state index contributed by atoms with van der Waals surface area (Å²) in [5, 5.41) is 5.36. The van der Waals surface area contributed by atoms with Crippen LogP contribution in [-0.2, 0) is 15.0 Å². The average Bonchev–Trinajstić information content (AvgIpc) is 2.50. The third-order valence-corrected chi connectivity index (χ3v) is 3.41. The largest absolute Gasteiger partial charge is 0.484 e. The second-order valence-corrected chi connectivity index (χ2v) is 6.64. The van der Waals surface area contributed by atoms with E-state index in [-0.39, 0.29) is 23.8 Å². The van der Waals surface area contributed by atoms with Gasteiger partial charge in [0, 0.05) is 6.54 Å². The van der Waals surface area contributed by atoms with Crippen LogP contribution in [0.4, 0.5) is 0 Å². The molecule has 128 valence electrons. The van der Waals surface area contributed by atoms with Crippen molar-refractivity contribution in [1.29, 1.82) is 0 Å². The zero-order valence-electron chi connectivity index (χ0n) is 14.7. The number of benzene rings is 1. The molecule has 1 rings (SSSR count). The molecule has 0 spiro atoms. The SMILES string of the molecule is CCCNC(=O)[C@H](C)NC(=O)COc1ccc(C(C)(C)C)cc1. The summed E-state index contributed by atoms with van der Waals surface area (Å²) in [5.74, 6) is 0.134. The number of amides is 2. The minimum absolute atomic E-state index is 0.0805. The smallest absolute Gasteiger partial charge is 0.258 e. The van der Waals surface area contributed by atoms with E-state index in [1.165, 1.54) is 5.56 Å². The van der Waals surface area contributed by atoms with Gasteiger partial charge >= 0.3 is 0 Å². The minimum Gasteiger partial charge on any atom is -0.484 e. The summed E-state index contributed by atoms with van der Waals surface area (Å²) in [5.41, 5.74) is 1.28. The van der Waals surface area contributed by atoms with Gasteiger partial charge in [0.2, 0.25) is 5.91 Å². The molecule has 0 saturated heterocycles. The molecule has 1 aromatic rings. The van der Waals surface area contributed by atoms with Gasteiger partial charge in [-0.2, -0.15) is 0 Å². The van der Waals surface area contributed by atoms with Crippen LogP contribution in [0.3, 0.4) is 0 Å². The first-order valence-electron chi connectivity index (χ1n) is 8.04. The van der Waals surface area contributed by atoms with E-state index in [0.717, 1.165) is 6.42 Å². The van der Waals surface area contributed by atoms with Gasteiger partial charge < -0.3 is 15.4 Å². The molecule has 5 nitrogen and oxygen atoms in total. The topological polar surface area (TPSA) is 67.4 Å². The fourth-order valence-corrected chi connectivity index (χ4v) is 1.95. The lowest BCUT2D eigenvalue weighted by atomic mass is 9.87. The Morgan fingerprint density at radius 2 is 1.78 bits per heavy atom. The van der Waals surface area contributed by atoms with Gasteiger partial charge in [0.1, 0.15) is 11.8 Å². The van der Waals surface area contributed by atoms with Gasteiger partial charge in [0.25, 0.3) is 5.91 Å². The monoisotopic (exact) mass is 320 g/mol. The number of hydrogen-bond donors (Lipinski definition) is 2. The van der Waals surface area contributed by atoms with E-state index < -0.39 is 6.04 Å². The lowest BCUT2D eigenvalue weighted by Crippen LogP contribution is -2.46. The lowest BCUT2D eigenvalue weighted by Gasteiger charge is -2.19. The zero-order chi connectivity index (χ0) is 17.5. The van der Waals surface area contributed by atoms with Crippen molar-refractivity contribution in [3.05, 3.63) is 29.8 Å². The van der Waals surface area contributed by atoms with Crippen LogP contribution in [0.1, 0.15) is 46.6 Å². The van der Waals surface area contributed by atoms with Crippen LogP contribution in [0, 0.1) is 0 Å². The summed E-state index contributed by atoms with van der Waals surface area (Å²) in [6.45, 7) is 10.5. The fraction of sp³-hybridized carbons (Fsp3) is 0.556. The summed E-state index contributed by atoms with van der Waals surface area (Å²) < 4.78 is 5.45. The third kappa shape index (κ3) is 6.72. The van der Waals surface area contributed by atoms with Crippen LogP contribution in [0.25, 0.3) is 0 Å². The Bertz CT molecular complexity index is 518. The van der Waals surface area contributed by atoms with E-state index in [1.54, 1.807) is 6.92 Å². The number of rotatable bonds is 7. The summed E-state index contributed by atoms with van der Waals surface area (Å²) in [4.78, 5) is 23.5. The van der Waals surface area contributed by atoms with Crippen LogP contribution in [0.15, 0.2) is 24.3 Å². The van der Waals surface area contributed by atoms with E-state index >= 15 is 0 Å². The standard InChI is InChI=1S/C18H28N2O3/c1-6-11-19-17(22)13(2)20-16(21)12-23-15-9-7-14(8-10-15)18(3,4)5/h7-10,13H,6,11-12H2,1-5H3,(H,19,22)(H,20,21)/t13-/m0/s1. The second-order valence-electron chi connectivity index (χ2n) is 6.64.